The molecule has 11 heteroatoms. The molecule has 0 unspecified atom stereocenters. The number of benzene rings is 1. The van der Waals surface area contributed by atoms with Gasteiger partial charge in [0.25, 0.3) is 5.91 Å². The molecule has 1 amide bonds. The molecule has 130 valence electrons. The first-order valence-electron chi connectivity index (χ1n) is 6.58. The van der Waals surface area contributed by atoms with Gasteiger partial charge >= 0.3 is 12.1 Å². The van der Waals surface area contributed by atoms with Crippen LogP contribution in [0.25, 0.3) is 11.4 Å². The summed E-state index contributed by atoms with van der Waals surface area (Å²) < 4.78 is 66.5. The van der Waals surface area contributed by atoms with Crippen LogP contribution in [0.1, 0.15) is 30.1 Å². The van der Waals surface area contributed by atoms with Gasteiger partial charge in [-0.05, 0) is 26.0 Å². The lowest BCUT2D eigenvalue weighted by Gasteiger charge is -2.09. The number of hydrogen-bond donors (Lipinski definition) is 1. The summed E-state index contributed by atoms with van der Waals surface area (Å²) >= 11 is 0. The average molecular weight is 363 g/mol. The molecule has 0 aliphatic rings. The highest BCUT2D eigenvalue weighted by atomic mass is 32.2. The third kappa shape index (κ3) is 3.91. The fourth-order valence-electron chi connectivity index (χ4n) is 1.53. The molecule has 0 atom stereocenters. The van der Waals surface area contributed by atoms with Crippen LogP contribution in [0.4, 0.5) is 13.2 Å². The van der Waals surface area contributed by atoms with Gasteiger partial charge < -0.3 is 4.52 Å². The van der Waals surface area contributed by atoms with Crippen molar-refractivity contribution in [2.45, 2.75) is 25.3 Å². The van der Waals surface area contributed by atoms with Crippen LogP contribution in [-0.2, 0) is 16.2 Å². The van der Waals surface area contributed by atoms with E-state index in [9.17, 15) is 26.4 Å². The number of nitrogens with one attached hydrogen (secondary N) is 1. The second kappa shape index (κ2) is 6.23. The van der Waals surface area contributed by atoms with E-state index in [-0.39, 0.29) is 17.0 Å². The SMILES string of the molecule is CC(C)S(=O)(=O)NC(=O)c1ccc(-c2noc(C(F)(F)F)n2)cc1. The Kier molecular flexibility index (Phi) is 4.65. The number of alkyl halides is 3. The standard InChI is InChI=1S/C13H12F3N3O4S/c1-7(2)24(21,22)19-11(20)9-5-3-8(4-6-9)10-17-12(23-18-10)13(14,15)16/h3-7H,1-2H3,(H,19,20). The quantitative estimate of drug-likeness (QED) is 0.894. The Hall–Kier alpha value is -2.43. The largest absolute Gasteiger partial charge is 0.471 e. The summed E-state index contributed by atoms with van der Waals surface area (Å²) in [5.41, 5.74) is 0.194. The van der Waals surface area contributed by atoms with Crippen LogP contribution in [-0.4, -0.2) is 29.7 Å². The van der Waals surface area contributed by atoms with E-state index in [1.54, 1.807) is 0 Å². The highest BCUT2D eigenvalue weighted by Crippen LogP contribution is 2.29. The Balaban J connectivity index is 2.19. The number of amides is 1. The van der Waals surface area contributed by atoms with Crippen molar-refractivity contribution in [1.29, 1.82) is 0 Å². The lowest BCUT2D eigenvalue weighted by Crippen LogP contribution is -2.35. The lowest BCUT2D eigenvalue weighted by molar-refractivity contribution is -0.159. The smallest absolute Gasteiger partial charge is 0.329 e. The molecule has 0 radical (unpaired) electrons. The highest BCUT2D eigenvalue weighted by molar-refractivity contribution is 7.90. The van der Waals surface area contributed by atoms with Crippen molar-refractivity contribution < 1.29 is 30.9 Å². The van der Waals surface area contributed by atoms with Crippen molar-refractivity contribution in [3.8, 4) is 11.4 Å². The lowest BCUT2D eigenvalue weighted by atomic mass is 10.1. The van der Waals surface area contributed by atoms with Crippen molar-refractivity contribution in [2.24, 2.45) is 0 Å². The van der Waals surface area contributed by atoms with Gasteiger partial charge in [-0.1, -0.05) is 17.3 Å². The predicted octanol–water partition coefficient (Wildman–Crippen LogP) is 2.22. The van der Waals surface area contributed by atoms with Gasteiger partial charge in [-0.3, -0.25) is 4.79 Å². The van der Waals surface area contributed by atoms with Crippen LogP contribution in [0.2, 0.25) is 0 Å². The van der Waals surface area contributed by atoms with Crippen molar-refractivity contribution in [2.75, 3.05) is 0 Å². The normalized spacial score (nSPS) is 12.4. The minimum Gasteiger partial charge on any atom is -0.329 e. The molecule has 0 spiro atoms. The third-order valence-corrected chi connectivity index (χ3v) is 4.64. The molecule has 2 aromatic rings. The zero-order valence-corrected chi connectivity index (χ0v) is 13.3. The van der Waals surface area contributed by atoms with Gasteiger partial charge in [-0.25, -0.2) is 13.1 Å². The summed E-state index contributed by atoms with van der Waals surface area (Å²) in [5, 5.41) is 2.42. The van der Waals surface area contributed by atoms with E-state index in [1.165, 1.54) is 38.1 Å². The summed E-state index contributed by atoms with van der Waals surface area (Å²) in [4.78, 5) is 15.1. The van der Waals surface area contributed by atoms with Gasteiger partial charge in [0.1, 0.15) is 0 Å². The molecule has 0 fully saturated rings. The number of aromatic nitrogens is 2. The molecule has 24 heavy (non-hydrogen) atoms. The van der Waals surface area contributed by atoms with Crippen LogP contribution >= 0.6 is 0 Å². The zero-order valence-electron chi connectivity index (χ0n) is 12.5. The number of nitrogens with zero attached hydrogens (tertiary/aromatic N) is 2. The van der Waals surface area contributed by atoms with Gasteiger partial charge in [-0.2, -0.15) is 18.2 Å². The molecule has 1 heterocycles. The first-order chi connectivity index (χ1) is 11.0. The molecule has 0 aliphatic carbocycles. The van der Waals surface area contributed by atoms with Crippen LogP contribution in [0.3, 0.4) is 0 Å². The average Bonchev–Trinajstić information content (AvgIpc) is 2.96. The maximum absolute atomic E-state index is 12.4. The maximum atomic E-state index is 12.4. The van der Waals surface area contributed by atoms with E-state index in [2.05, 4.69) is 14.7 Å². The van der Waals surface area contributed by atoms with Crippen LogP contribution in [0.5, 0.6) is 0 Å². The van der Waals surface area contributed by atoms with Crippen molar-refractivity contribution in [3.63, 3.8) is 0 Å². The molecule has 2 rings (SSSR count). The summed E-state index contributed by atoms with van der Waals surface area (Å²) in [6.07, 6.45) is -4.75. The molecule has 7 nitrogen and oxygen atoms in total. The van der Waals surface area contributed by atoms with E-state index >= 15 is 0 Å². The number of carbonyl (C=O) groups excluding carboxylic acids is 1. The minimum absolute atomic E-state index is 0.0162. The van der Waals surface area contributed by atoms with Crippen LogP contribution < -0.4 is 4.72 Å². The number of hydrogen-bond acceptors (Lipinski definition) is 6. The van der Waals surface area contributed by atoms with Crippen LogP contribution in [0, 0.1) is 0 Å². The summed E-state index contributed by atoms with van der Waals surface area (Å²) in [7, 11) is -3.79. The topological polar surface area (TPSA) is 102 Å². The van der Waals surface area contributed by atoms with Gasteiger partial charge in [0.2, 0.25) is 15.8 Å². The van der Waals surface area contributed by atoms with Gasteiger partial charge in [0, 0.05) is 11.1 Å². The Morgan fingerprint density at radius 3 is 2.25 bits per heavy atom. The molecule has 1 aromatic heterocycles. The molecule has 0 aliphatic heterocycles. The van der Waals surface area contributed by atoms with E-state index in [0.29, 0.717) is 0 Å². The Labute approximate surface area is 134 Å². The summed E-state index contributed by atoms with van der Waals surface area (Å²) in [6.45, 7) is 2.82. The second-order valence-electron chi connectivity index (χ2n) is 5.02. The monoisotopic (exact) mass is 363 g/mol. The molecule has 1 aromatic carbocycles. The van der Waals surface area contributed by atoms with E-state index in [1.807, 2.05) is 4.72 Å². The molecule has 0 bridgehead atoms. The number of sulfonamides is 1. The molecule has 0 saturated heterocycles. The van der Waals surface area contributed by atoms with Gasteiger partial charge in [0.05, 0.1) is 5.25 Å². The fraction of sp³-hybridized carbons (Fsp3) is 0.308. The fourth-order valence-corrected chi connectivity index (χ4v) is 2.14. The van der Waals surface area contributed by atoms with Crippen molar-refractivity contribution in [3.05, 3.63) is 35.7 Å². The predicted molar refractivity (Wildman–Crippen MR) is 76.3 cm³/mol. The molecular weight excluding hydrogens is 351 g/mol. The summed E-state index contributed by atoms with van der Waals surface area (Å²) in [6, 6.07) is 5.04. The maximum Gasteiger partial charge on any atom is 0.471 e. The molecule has 1 N–H and O–H groups in total. The zero-order chi connectivity index (χ0) is 18.1. The Morgan fingerprint density at radius 2 is 1.79 bits per heavy atom. The minimum atomic E-state index is -4.75. The van der Waals surface area contributed by atoms with E-state index in [4.69, 9.17) is 0 Å². The Morgan fingerprint density at radius 1 is 1.21 bits per heavy atom. The third-order valence-electron chi connectivity index (χ3n) is 2.93. The van der Waals surface area contributed by atoms with Crippen molar-refractivity contribution >= 4 is 15.9 Å². The molecular formula is C13H12F3N3O4S. The van der Waals surface area contributed by atoms with Gasteiger partial charge in [0.15, 0.2) is 0 Å². The highest BCUT2D eigenvalue weighted by Gasteiger charge is 2.38. The second-order valence-corrected chi connectivity index (χ2v) is 7.26. The number of halogens is 3. The number of rotatable bonds is 4. The van der Waals surface area contributed by atoms with Crippen LogP contribution in [0.15, 0.2) is 28.8 Å². The van der Waals surface area contributed by atoms with Gasteiger partial charge in [-0.15, -0.1) is 0 Å². The van der Waals surface area contributed by atoms with E-state index < -0.39 is 33.2 Å². The first-order valence-corrected chi connectivity index (χ1v) is 8.12. The summed E-state index contributed by atoms with van der Waals surface area (Å²) in [5.74, 6) is -2.63. The number of carbonyl (C=O) groups is 1. The molecule has 0 saturated carbocycles. The first kappa shape index (κ1) is 17.9. The van der Waals surface area contributed by atoms with Crippen molar-refractivity contribution in [1.82, 2.24) is 14.9 Å². The van der Waals surface area contributed by atoms with E-state index in [0.717, 1.165) is 0 Å². The Bertz CT molecular complexity index is 842.